The first-order chi connectivity index (χ1) is 13.9. The number of carbonyl (C=O) groups is 2. The lowest BCUT2D eigenvalue weighted by molar-refractivity contribution is -0.130. The van der Waals surface area contributed by atoms with Crippen LogP contribution in [0.1, 0.15) is 18.4 Å². The highest BCUT2D eigenvalue weighted by molar-refractivity contribution is 7.98. The van der Waals surface area contributed by atoms with E-state index < -0.39 is 11.5 Å². The first-order valence-corrected chi connectivity index (χ1v) is 11.2. The zero-order valence-corrected chi connectivity index (χ0v) is 17.4. The third-order valence-electron chi connectivity index (χ3n) is 5.59. The SMILES string of the molecule is CSCCC1CC(C(=O)Nc2ccc(F)cc2)C2(N1)C(=O)Nc1ccc(Cl)cc12. The lowest BCUT2D eigenvalue weighted by Gasteiger charge is -2.29. The van der Waals surface area contributed by atoms with Gasteiger partial charge in [0.1, 0.15) is 11.4 Å². The molecular weight excluding hydrogens is 413 g/mol. The van der Waals surface area contributed by atoms with Crippen LogP contribution >= 0.6 is 23.4 Å². The average molecular weight is 434 g/mol. The van der Waals surface area contributed by atoms with E-state index in [0.717, 1.165) is 12.2 Å². The molecule has 1 spiro atoms. The summed E-state index contributed by atoms with van der Waals surface area (Å²) >= 11 is 7.94. The van der Waals surface area contributed by atoms with Gasteiger partial charge in [0.2, 0.25) is 11.8 Å². The summed E-state index contributed by atoms with van der Waals surface area (Å²) in [4.78, 5) is 26.4. The zero-order chi connectivity index (χ0) is 20.6. The van der Waals surface area contributed by atoms with Gasteiger partial charge in [-0.05, 0) is 67.3 Å². The molecule has 0 aliphatic carbocycles. The molecule has 2 aliphatic rings. The minimum absolute atomic E-state index is 0.0158. The molecule has 2 heterocycles. The van der Waals surface area contributed by atoms with E-state index in [1.807, 2.05) is 6.26 Å². The summed E-state index contributed by atoms with van der Waals surface area (Å²) in [5.41, 5.74) is 0.676. The quantitative estimate of drug-likeness (QED) is 0.666. The maximum absolute atomic E-state index is 13.3. The molecule has 2 amide bonds. The van der Waals surface area contributed by atoms with Gasteiger partial charge in [-0.3, -0.25) is 14.9 Å². The Balaban J connectivity index is 1.70. The van der Waals surface area contributed by atoms with Crippen molar-refractivity contribution in [3.05, 3.63) is 58.9 Å². The Kier molecular flexibility index (Phi) is 5.55. The van der Waals surface area contributed by atoms with Gasteiger partial charge in [0, 0.05) is 28.0 Å². The second kappa shape index (κ2) is 7.97. The van der Waals surface area contributed by atoms with Gasteiger partial charge in [-0.25, -0.2) is 4.39 Å². The van der Waals surface area contributed by atoms with E-state index >= 15 is 0 Å². The molecule has 0 bridgehead atoms. The molecule has 4 rings (SSSR count). The van der Waals surface area contributed by atoms with Crippen molar-refractivity contribution in [3.63, 3.8) is 0 Å². The number of fused-ring (bicyclic) bond motifs is 2. The van der Waals surface area contributed by atoms with Gasteiger partial charge >= 0.3 is 0 Å². The number of nitrogens with one attached hydrogen (secondary N) is 3. The van der Waals surface area contributed by atoms with Crippen LogP contribution in [0.2, 0.25) is 5.02 Å². The van der Waals surface area contributed by atoms with Crippen LogP contribution in [0.3, 0.4) is 0 Å². The van der Waals surface area contributed by atoms with E-state index in [1.54, 1.807) is 30.0 Å². The van der Waals surface area contributed by atoms with Crippen LogP contribution in [0.25, 0.3) is 0 Å². The molecular formula is C21H21ClFN3O2S. The fraction of sp³-hybridized carbons (Fsp3) is 0.333. The summed E-state index contributed by atoms with van der Waals surface area (Å²) in [6, 6.07) is 10.8. The standard InChI is InChI=1S/C21H21ClFN3O2S/c1-29-9-8-15-11-17(19(27)24-14-5-3-13(23)4-6-14)21(26-15)16-10-12(22)2-7-18(16)25-20(21)28/h2-7,10,15,17,26H,8-9,11H2,1H3,(H,24,27)(H,25,28). The first-order valence-electron chi connectivity index (χ1n) is 9.38. The van der Waals surface area contributed by atoms with E-state index in [1.165, 1.54) is 24.3 Å². The molecule has 3 unspecified atom stereocenters. The van der Waals surface area contributed by atoms with Gasteiger partial charge < -0.3 is 10.6 Å². The zero-order valence-electron chi connectivity index (χ0n) is 15.8. The van der Waals surface area contributed by atoms with Gasteiger partial charge in [-0.15, -0.1) is 0 Å². The van der Waals surface area contributed by atoms with E-state index in [0.29, 0.717) is 28.4 Å². The minimum atomic E-state index is -1.17. The largest absolute Gasteiger partial charge is 0.326 e. The van der Waals surface area contributed by atoms with Crippen molar-refractivity contribution in [2.24, 2.45) is 5.92 Å². The van der Waals surface area contributed by atoms with Crippen LogP contribution in [-0.4, -0.2) is 29.9 Å². The van der Waals surface area contributed by atoms with Crippen LogP contribution < -0.4 is 16.0 Å². The van der Waals surface area contributed by atoms with E-state index in [4.69, 9.17) is 11.6 Å². The lowest BCUT2D eigenvalue weighted by Crippen LogP contribution is -2.52. The second-order valence-electron chi connectivity index (χ2n) is 7.36. The Morgan fingerprint density at radius 3 is 2.79 bits per heavy atom. The second-order valence-corrected chi connectivity index (χ2v) is 8.78. The predicted octanol–water partition coefficient (Wildman–Crippen LogP) is 4.00. The smallest absolute Gasteiger partial charge is 0.250 e. The number of rotatable bonds is 5. The summed E-state index contributed by atoms with van der Waals surface area (Å²) in [6.07, 6.45) is 3.39. The Bertz CT molecular complexity index is 955. The van der Waals surface area contributed by atoms with E-state index in [-0.39, 0.29) is 23.7 Å². The van der Waals surface area contributed by atoms with Gasteiger partial charge in [0.05, 0.1) is 5.92 Å². The molecule has 2 aromatic rings. The number of amides is 2. The average Bonchev–Trinajstić information content (AvgIpc) is 3.22. The topological polar surface area (TPSA) is 70.2 Å². The van der Waals surface area contributed by atoms with Crippen molar-refractivity contribution in [1.29, 1.82) is 0 Å². The van der Waals surface area contributed by atoms with Gasteiger partial charge in [-0.2, -0.15) is 11.8 Å². The number of thioether (sulfide) groups is 1. The molecule has 0 aromatic heterocycles. The van der Waals surface area contributed by atoms with Crippen molar-refractivity contribution >= 4 is 46.6 Å². The number of carbonyl (C=O) groups excluding carboxylic acids is 2. The molecule has 2 aliphatic heterocycles. The molecule has 152 valence electrons. The molecule has 29 heavy (non-hydrogen) atoms. The van der Waals surface area contributed by atoms with Crippen LogP contribution in [0.5, 0.6) is 0 Å². The van der Waals surface area contributed by atoms with Crippen molar-refractivity contribution in [1.82, 2.24) is 5.32 Å². The highest BCUT2D eigenvalue weighted by atomic mass is 35.5. The Hall–Kier alpha value is -2.09. The third-order valence-corrected chi connectivity index (χ3v) is 6.47. The maximum atomic E-state index is 13.3. The number of benzene rings is 2. The molecule has 2 aromatic carbocycles. The highest BCUT2D eigenvalue weighted by Gasteiger charge is 2.60. The molecule has 5 nitrogen and oxygen atoms in total. The molecule has 1 fully saturated rings. The third kappa shape index (κ3) is 3.63. The molecule has 3 N–H and O–H groups in total. The van der Waals surface area contributed by atoms with Crippen molar-refractivity contribution < 1.29 is 14.0 Å². The minimum Gasteiger partial charge on any atom is -0.326 e. The monoisotopic (exact) mass is 433 g/mol. The van der Waals surface area contributed by atoms with Gasteiger partial charge in [0.15, 0.2) is 0 Å². The molecule has 3 atom stereocenters. The van der Waals surface area contributed by atoms with Crippen LogP contribution in [0, 0.1) is 11.7 Å². The number of hydrogen-bond donors (Lipinski definition) is 3. The maximum Gasteiger partial charge on any atom is 0.250 e. The summed E-state index contributed by atoms with van der Waals surface area (Å²) in [7, 11) is 0. The van der Waals surface area contributed by atoms with E-state index in [9.17, 15) is 14.0 Å². The number of hydrogen-bond acceptors (Lipinski definition) is 4. The van der Waals surface area contributed by atoms with E-state index in [2.05, 4.69) is 16.0 Å². The van der Waals surface area contributed by atoms with Crippen molar-refractivity contribution in [2.75, 3.05) is 22.6 Å². The predicted molar refractivity (Wildman–Crippen MR) is 115 cm³/mol. The molecule has 0 saturated carbocycles. The summed E-state index contributed by atoms with van der Waals surface area (Å²) in [6.45, 7) is 0. The first kappa shape index (κ1) is 20.2. The number of halogens is 2. The van der Waals surface area contributed by atoms with Crippen molar-refractivity contribution in [3.8, 4) is 0 Å². The van der Waals surface area contributed by atoms with Crippen molar-refractivity contribution in [2.45, 2.75) is 24.4 Å². The summed E-state index contributed by atoms with van der Waals surface area (Å²) in [5, 5.41) is 9.70. The lowest BCUT2D eigenvalue weighted by atomic mass is 9.79. The normalized spacial score (nSPS) is 25.1. The Morgan fingerprint density at radius 2 is 2.07 bits per heavy atom. The van der Waals surface area contributed by atoms with Crippen LogP contribution in [-0.2, 0) is 15.1 Å². The number of anilines is 2. The Labute approximate surface area is 177 Å². The Morgan fingerprint density at radius 1 is 1.31 bits per heavy atom. The van der Waals surface area contributed by atoms with Crippen LogP contribution in [0.4, 0.5) is 15.8 Å². The summed E-state index contributed by atoms with van der Waals surface area (Å²) < 4.78 is 13.2. The van der Waals surface area contributed by atoms with Gasteiger partial charge in [-0.1, -0.05) is 11.6 Å². The van der Waals surface area contributed by atoms with Gasteiger partial charge in [0.25, 0.3) is 0 Å². The van der Waals surface area contributed by atoms with Crippen LogP contribution in [0.15, 0.2) is 42.5 Å². The fourth-order valence-electron chi connectivity index (χ4n) is 4.24. The molecule has 8 heteroatoms. The fourth-order valence-corrected chi connectivity index (χ4v) is 4.94. The molecule has 0 radical (unpaired) electrons. The highest BCUT2D eigenvalue weighted by Crippen LogP contribution is 2.48. The summed E-state index contributed by atoms with van der Waals surface area (Å²) in [5.74, 6) is -0.610. The molecule has 1 saturated heterocycles.